The molecule has 160 valence electrons. The van der Waals surface area contributed by atoms with E-state index in [0.29, 0.717) is 18.0 Å². The van der Waals surface area contributed by atoms with Crippen LogP contribution in [0.1, 0.15) is 24.0 Å². The van der Waals surface area contributed by atoms with Crippen molar-refractivity contribution in [3.63, 3.8) is 0 Å². The van der Waals surface area contributed by atoms with Crippen LogP contribution in [-0.2, 0) is 22.6 Å². The fourth-order valence-electron chi connectivity index (χ4n) is 3.75. The third kappa shape index (κ3) is 4.88. The molecule has 1 fully saturated rings. The number of H-pyrrole nitrogens is 1. The molecule has 0 radical (unpaired) electrons. The number of benzene rings is 2. The van der Waals surface area contributed by atoms with Crippen molar-refractivity contribution in [2.24, 2.45) is 0 Å². The van der Waals surface area contributed by atoms with Crippen molar-refractivity contribution < 1.29 is 14.4 Å². The fraction of sp³-hybridized carbons (Fsp3) is 0.261. The molecule has 0 spiro atoms. The van der Waals surface area contributed by atoms with Crippen LogP contribution in [0, 0.1) is 0 Å². The summed E-state index contributed by atoms with van der Waals surface area (Å²) in [5.41, 5.74) is 2.96. The number of hydrogen-bond donors (Lipinski definition) is 3. The summed E-state index contributed by atoms with van der Waals surface area (Å²) in [6, 6.07) is 13.9. The Labute approximate surface area is 184 Å². The second-order valence-electron chi connectivity index (χ2n) is 7.55. The van der Waals surface area contributed by atoms with E-state index in [2.05, 4.69) is 15.6 Å². The Morgan fingerprint density at radius 1 is 1.13 bits per heavy atom. The highest BCUT2D eigenvalue weighted by Crippen LogP contribution is 2.22. The average Bonchev–Trinajstić information content (AvgIpc) is 3.28. The minimum atomic E-state index is -0.669. The summed E-state index contributed by atoms with van der Waals surface area (Å²) in [7, 11) is 0. The van der Waals surface area contributed by atoms with Gasteiger partial charge in [-0.05, 0) is 42.2 Å². The van der Waals surface area contributed by atoms with E-state index < -0.39 is 12.1 Å². The maximum absolute atomic E-state index is 12.6. The van der Waals surface area contributed by atoms with E-state index in [1.165, 1.54) is 4.90 Å². The van der Waals surface area contributed by atoms with E-state index in [1.54, 1.807) is 0 Å². The Morgan fingerprint density at radius 2 is 1.94 bits per heavy atom. The SMILES string of the molecule is O=C(CCC1NC(=O)N(Cc2ccccc2)C1=O)NCCc1c[nH]c2ccc(Cl)cc12. The molecule has 4 amide bonds. The summed E-state index contributed by atoms with van der Waals surface area (Å²) in [5, 5.41) is 7.26. The van der Waals surface area contributed by atoms with Gasteiger partial charge in [0.2, 0.25) is 5.91 Å². The molecule has 2 aromatic carbocycles. The van der Waals surface area contributed by atoms with Gasteiger partial charge in [0.15, 0.2) is 0 Å². The van der Waals surface area contributed by atoms with Crippen molar-refractivity contribution >= 4 is 40.3 Å². The molecule has 2 heterocycles. The van der Waals surface area contributed by atoms with Gasteiger partial charge in [-0.2, -0.15) is 0 Å². The number of carbonyl (C=O) groups is 3. The Balaban J connectivity index is 1.23. The van der Waals surface area contributed by atoms with Crippen LogP contribution in [0.4, 0.5) is 4.79 Å². The topological polar surface area (TPSA) is 94.3 Å². The lowest BCUT2D eigenvalue weighted by molar-refractivity contribution is -0.128. The van der Waals surface area contributed by atoms with Crippen molar-refractivity contribution in [2.75, 3.05) is 6.54 Å². The Bertz CT molecular complexity index is 1110. The molecule has 1 aromatic heterocycles. The largest absolute Gasteiger partial charge is 0.361 e. The van der Waals surface area contributed by atoms with Crippen LogP contribution in [0.15, 0.2) is 54.7 Å². The van der Waals surface area contributed by atoms with Crippen LogP contribution in [0.25, 0.3) is 10.9 Å². The molecule has 1 aliphatic heterocycles. The lowest BCUT2D eigenvalue weighted by Gasteiger charge is -2.13. The van der Waals surface area contributed by atoms with Crippen LogP contribution in [-0.4, -0.2) is 40.3 Å². The first kappa shape index (κ1) is 20.9. The Kier molecular flexibility index (Phi) is 6.23. The number of halogens is 1. The summed E-state index contributed by atoms with van der Waals surface area (Å²) in [6.45, 7) is 0.701. The molecule has 1 saturated heterocycles. The highest BCUT2D eigenvalue weighted by molar-refractivity contribution is 6.31. The molecule has 3 aromatic rings. The van der Waals surface area contributed by atoms with Gasteiger partial charge in [-0.15, -0.1) is 0 Å². The molecular formula is C23H23ClN4O3. The highest BCUT2D eigenvalue weighted by Gasteiger charge is 2.37. The second kappa shape index (κ2) is 9.22. The molecule has 0 saturated carbocycles. The summed E-state index contributed by atoms with van der Waals surface area (Å²) < 4.78 is 0. The van der Waals surface area contributed by atoms with Crippen LogP contribution < -0.4 is 10.6 Å². The lowest BCUT2D eigenvalue weighted by atomic mass is 10.1. The zero-order chi connectivity index (χ0) is 21.8. The van der Waals surface area contributed by atoms with Gasteiger partial charge < -0.3 is 15.6 Å². The number of rotatable bonds is 8. The quantitative estimate of drug-likeness (QED) is 0.470. The van der Waals surface area contributed by atoms with E-state index >= 15 is 0 Å². The molecule has 1 aliphatic rings. The molecule has 31 heavy (non-hydrogen) atoms. The number of aromatic nitrogens is 1. The highest BCUT2D eigenvalue weighted by atomic mass is 35.5. The van der Waals surface area contributed by atoms with Gasteiger partial charge in [0.25, 0.3) is 5.91 Å². The van der Waals surface area contributed by atoms with E-state index in [-0.39, 0.29) is 31.2 Å². The summed E-state index contributed by atoms with van der Waals surface area (Å²) in [4.78, 5) is 41.3. The van der Waals surface area contributed by atoms with E-state index in [4.69, 9.17) is 11.6 Å². The molecule has 8 heteroatoms. The number of fused-ring (bicyclic) bond motifs is 1. The zero-order valence-electron chi connectivity index (χ0n) is 16.9. The van der Waals surface area contributed by atoms with Gasteiger partial charge in [0.1, 0.15) is 6.04 Å². The third-order valence-corrected chi connectivity index (χ3v) is 5.63. The third-order valence-electron chi connectivity index (χ3n) is 5.40. The smallest absolute Gasteiger partial charge is 0.325 e. The van der Waals surface area contributed by atoms with Gasteiger partial charge in [-0.1, -0.05) is 41.9 Å². The monoisotopic (exact) mass is 438 g/mol. The molecule has 1 unspecified atom stereocenters. The number of imide groups is 1. The van der Waals surface area contributed by atoms with Gasteiger partial charge in [-0.25, -0.2) is 4.79 Å². The van der Waals surface area contributed by atoms with E-state index in [9.17, 15) is 14.4 Å². The number of nitrogens with one attached hydrogen (secondary N) is 3. The van der Waals surface area contributed by atoms with Crippen LogP contribution in [0.3, 0.4) is 0 Å². The van der Waals surface area contributed by atoms with Gasteiger partial charge in [0.05, 0.1) is 6.54 Å². The minimum absolute atomic E-state index is 0.151. The zero-order valence-corrected chi connectivity index (χ0v) is 17.6. The maximum Gasteiger partial charge on any atom is 0.325 e. The number of amides is 4. The predicted molar refractivity (Wildman–Crippen MR) is 119 cm³/mol. The molecule has 3 N–H and O–H groups in total. The fourth-order valence-corrected chi connectivity index (χ4v) is 3.92. The van der Waals surface area contributed by atoms with Crippen molar-refractivity contribution in [1.29, 1.82) is 0 Å². The average molecular weight is 439 g/mol. The number of urea groups is 1. The Morgan fingerprint density at radius 3 is 2.74 bits per heavy atom. The van der Waals surface area contributed by atoms with Gasteiger partial charge in [0, 0.05) is 35.1 Å². The Hall–Kier alpha value is -3.32. The molecule has 7 nitrogen and oxygen atoms in total. The van der Waals surface area contributed by atoms with Crippen molar-refractivity contribution in [3.8, 4) is 0 Å². The number of nitrogens with zero attached hydrogens (tertiary/aromatic N) is 1. The number of carbonyl (C=O) groups excluding carboxylic acids is 3. The molecule has 0 aliphatic carbocycles. The van der Waals surface area contributed by atoms with Crippen LogP contribution in [0.5, 0.6) is 0 Å². The standard InChI is InChI=1S/C23H23ClN4O3/c24-17-6-7-19-18(12-17)16(13-26-19)10-11-25-21(29)9-8-20-22(30)28(23(31)27-20)14-15-4-2-1-3-5-15/h1-7,12-13,20,26H,8-11,14H2,(H,25,29)(H,27,31). The van der Waals surface area contributed by atoms with Crippen molar-refractivity contribution in [2.45, 2.75) is 31.8 Å². The summed E-state index contributed by atoms with van der Waals surface area (Å²) in [6.07, 6.45) is 3.01. The molecule has 0 bridgehead atoms. The molecule has 4 rings (SSSR count). The summed E-state index contributed by atoms with van der Waals surface area (Å²) in [5.74, 6) is -0.446. The first-order valence-corrected chi connectivity index (χ1v) is 10.6. The van der Waals surface area contributed by atoms with Crippen LogP contribution in [0.2, 0.25) is 5.02 Å². The van der Waals surface area contributed by atoms with Gasteiger partial charge >= 0.3 is 6.03 Å². The minimum Gasteiger partial charge on any atom is -0.361 e. The van der Waals surface area contributed by atoms with Crippen molar-refractivity contribution in [1.82, 2.24) is 20.5 Å². The lowest BCUT2D eigenvalue weighted by Crippen LogP contribution is -2.33. The first-order valence-electron chi connectivity index (χ1n) is 10.2. The maximum atomic E-state index is 12.6. The van der Waals surface area contributed by atoms with E-state index in [0.717, 1.165) is 22.0 Å². The molecular weight excluding hydrogens is 416 g/mol. The van der Waals surface area contributed by atoms with E-state index in [1.807, 2.05) is 54.7 Å². The first-order chi connectivity index (χ1) is 15.0. The predicted octanol–water partition coefficient (Wildman–Crippen LogP) is 3.38. The summed E-state index contributed by atoms with van der Waals surface area (Å²) >= 11 is 6.07. The number of hydrogen-bond acceptors (Lipinski definition) is 3. The molecule has 1 atom stereocenters. The van der Waals surface area contributed by atoms with Crippen molar-refractivity contribution in [3.05, 3.63) is 70.9 Å². The second-order valence-corrected chi connectivity index (χ2v) is 7.99. The van der Waals surface area contributed by atoms with Crippen LogP contribution >= 0.6 is 11.6 Å². The number of aromatic amines is 1. The van der Waals surface area contributed by atoms with Gasteiger partial charge in [-0.3, -0.25) is 14.5 Å². The normalized spacial score (nSPS) is 16.0.